The molecule has 262 valence electrons. The molecule has 0 amide bonds. The smallest absolute Gasteiger partial charge is 0.160 e. The maximum Gasteiger partial charge on any atom is 0.160 e. The fraction of sp³-hybridized carbons (Fsp3) is 0.0189. The SMILES string of the molecule is c1ccc(-c2nc(-c3cccc(-c4ccc5c(c4)sc4ccccc45)c3)cc(-c3ccc4c(c3)C(c3ccccc3)(c3ccccc3)c3ccccc3-4)n2)cc1. The molecular weight excluding hydrogens is 697 g/mol. The summed E-state index contributed by atoms with van der Waals surface area (Å²) in [6, 6.07) is 74.5. The predicted octanol–water partition coefficient (Wildman–Crippen LogP) is 13.9. The van der Waals surface area contributed by atoms with Gasteiger partial charge in [-0.05, 0) is 74.8 Å². The van der Waals surface area contributed by atoms with Crippen LogP contribution in [0.2, 0.25) is 0 Å². The van der Waals surface area contributed by atoms with Gasteiger partial charge in [-0.15, -0.1) is 11.3 Å². The molecule has 0 atom stereocenters. The summed E-state index contributed by atoms with van der Waals surface area (Å²) in [6.07, 6.45) is 0. The third kappa shape index (κ3) is 5.16. The molecule has 8 aromatic carbocycles. The fourth-order valence-electron chi connectivity index (χ4n) is 8.83. The van der Waals surface area contributed by atoms with E-state index in [2.05, 4.69) is 200 Å². The molecule has 2 heterocycles. The highest BCUT2D eigenvalue weighted by atomic mass is 32.1. The van der Waals surface area contributed by atoms with Crippen LogP contribution < -0.4 is 0 Å². The first kappa shape index (κ1) is 32.5. The molecule has 0 unspecified atom stereocenters. The number of hydrogen-bond donors (Lipinski definition) is 0. The van der Waals surface area contributed by atoms with Crippen LogP contribution in [0.25, 0.3) is 76.3 Å². The van der Waals surface area contributed by atoms with E-state index < -0.39 is 5.41 Å². The molecule has 11 rings (SSSR count). The summed E-state index contributed by atoms with van der Waals surface area (Å²) in [5, 5.41) is 2.62. The van der Waals surface area contributed by atoms with Crippen molar-refractivity contribution >= 4 is 31.5 Å². The molecule has 56 heavy (non-hydrogen) atoms. The zero-order chi connectivity index (χ0) is 37.1. The van der Waals surface area contributed by atoms with E-state index in [1.807, 2.05) is 17.4 Å². The molecule has 2 aromatic heterocycles. The second kappa shape index (κ2) is 13.1. The summed E-state index contributed by atoms with van der Waals surface area (Å²) in [6.45, 7) is 0. The van der Waals surface area contributed by atoms with Gasteiger partial charge in [0.1, 0.15) is 0 Å². The maximum absolute atomic E-state index is 5.29. The van der Waals surface area contributed by atoms with Crippen LogP contribution in [0.5, 0.6) is 0 Å². The van der Waals surface area contributed by atoms with Gasteiger partial charge in [-0.25, -0.2) is 9.97 Å². The molecule has 1 aliphatic rings. The van der Waals surface area contributed by atoms with E-state index in [1.54, 1.807) is 0 Å². The summed E-state index contributed by atoms with van der Waals surface area (Å²) in [5.74, 6) is 0.705. The predicted molar refractivity (Wildman–Crippen MR) is 234 cm³/mol. The van der Waals surface area contributed by atoms with Gasteiger partial charge in [0.05, 0.1) is 16.8 Å². The van der Waals surface area contributed by atoms with Crippen molar-refractivity contribution in [1.29, 1.82) is 0 Å². The molecule has 0 bridgehead atoms. The van der Waals surface area contributed by atoms with Gasteiger partial charge in [0.15, 0.2) is 5.82 Å². The Balaban J connectivity index is 1.09. The zero-order valence-electron chi connectivity index (χ0n) is 30.4. The first-order valence-electron chi connectivity index (χ1n) is 19.1. The van der Waals surface area contributed by atoms with Crippen LogP contribution in [0.4, 0.5) is 0 Å². The van der Waals surface area contributed by atoms with Crippen molar-refractivity contribution in [2.75, 3.05) is 0 Å². The normalized spacial score (nSPS) is 12.8. The first-order valence-corrected chi connectivity index (χ1v) is 19.9. The minimum atomic E-state index is -0.494. The molecular formula is C53H34N2S. The van der Waals surface area contributed by atoms with E-state index in [4.69, 9.17) is 9.97 Å². The number of rotatable bonds is 6. The van der Waals surface area contributed by atoms with Gasteiger partial charge in [-0.1, -0.05) is 176 Å². The molecule has 0 aliphatic heterocycles. The number of fused-ring (bicyclic) bond motifs is 6. The van der Waals surface area contributed by atoms with Crippen LogP contribution in [0.1, 0.15) is 22.3 Å². The summed E-state index contributed by atoms with van der Waals surface area (Å²) >= 11 is 1.85. The molecule has 0 fully saturated rings. The molecule has 0 spiro atoms. The van der Waals surface area contributed by atoms with Crippen molar-refractivity contribution in [2.24, 2.45) is 0 Å². The van der Waals surface area contributed by atoms with Crippen molar-refractivity contribution in [1.82, 2.24) is 9.97 Å². The minimum absolute atomic E-state index is 0.494. The van der Waals surface area contributed by atoms with E-state index in [9.17, 15) is 0 Å². The summed E-state index contributed by atoms with van der Waals surface area (Å²) < 4.78 is 2.61. The average molecular weight is 731 g/mol. The quantitative estimate of drug-likeness (QED) is 0.170. The van der Waals surface area contributed by atoms with Crippen LogP contribution in [0.3, 0.4) is 0 Å². The highest BCUT2D eigenvalue weighted by molar-refractivity contribution is 7.25. The Bertz CT molecular complexity index is 3040. The van der Waals surface area contributed by atoms with E-state index >= 15 is 0 Å². The number of benzene rings is 8. The Morgan fingerprint density at radius 1 is 0.339 bits per heavy atom. The lowest BCUT2D eigenvalue weighted by Crippen LogP contribution is -2.28. The molecule has 3 heteroatoms. The van der Waals surface area contributed by atoms with Crippen molar-refractivity contribution < 1.29 is 0 Å². The van der Waals surface area contributed by atoms with Crippen LogP contribution >= 0.6 is 11.3 Å². The second-order valence-electron chi connectivity index (χ2n) is 14.5. The van der Waals surface area contributed by atoms with Crippen LogP contribution in [0, 0.1) is 0 Å². The van der Waals surface area contributed by atoms with Gasteiger partial charge in [-0.3, -0.25) is 0 Å². The minimum Gasteiger partial charge on any atom is -0.228 e. The lowest BCUT2D eigenvalue weighted by Gasteiger charge is -2.34. The number of hydrogen-bond acceptors (Lipinski definition) is 3. The third-order valence-electron chi connectivity index (χ3n) is 11.4. The first-order chi connectivity index (χ1) is 27.7. The zero-order valence-corrected chi connectivity index (χ0v) is 31.2. The number of thiophene rings is 1. The Morgan fingerprint density at radius 3 is 1.66 bits per heavy atom. The Labute approximate surface area is 330 Å². The average Bonchev–Trinajstić information content (AvgIpc) is 3.80. The van der Waals surface area contributed by atoms with Crippen LogP contribution in [-0.4, -0.2) is 9.97 Å². The summed E-state index contributed by atoms with van der Waals surface area (Å²) in [4.78, 5) is 10.5. The van der Waals surface area contributed by atoms with Crippen molar-refractivity contribution in [3.8, 4) is 56.2 Å². The topological polar surface area (TPSA) is 25.8 Å². The van der Waals surface area contributed by atoms with Crippen LogP contribution in [-0.2, 0) is 5.41 Å². The highest BCUT2D eigenvalue weighted by Gasteiger charge is 2.46. The van der Waals surface area contributed by atoms with Crippen molar-refractivity contribution in [2.45, 2.75) is 5.41 Å². The van der Waals surface area contributed by atoms with Gasteiger partial charge in [0, 0.05) is 36.9 Å². The van der Waals surface area contributed by atoms with Crippen molar-refractivity contribution in [3.05, 3.63) is 229 Å². The van der Waals surface area contributed by atoms with Gasteiger partial charge in [0.2, 0.25) is 0 Å². The molecule has 0 radical (unpaired) electrons. The van der Waals surface area contributed by atoms with Crippen LogP contribution in [0.15, 0.2) is 206 Å². The van der Waals surface area contributed by atoms with E-state index in [0.717, 1.165) is 33.6 Å². The van der Waals surface area contributed by atoms with Gasteiger partial charge in [-0.2, -0.15) is 0 Å². The van der Waals surface area contributed by atoms with Gasteiger partial charge < -0.3 is 0 Å². The third-order valence-corrected chi connectivity index (χ3v) is 12.5. The lowest BCUT2D eigenvalue weighted by atomic mass is 9.67. The standard InChI is InChI=1S/C53H34N2S/c1-4-15-35(16-5-1)52-54-48(38-18-14-17-36(31-38)37-27-30-45-44-24-11-13-26-50(44)56-51(45)33-37)34-49(55-52)39-28-29-43-42-23-10-12-25-46(42)53(47(43)32-39,40-19-6-2-7-20-40)41-21-8-3-9-22-41/h1-34H. The number of nitrogens with zero attached hydrogens (tertiary/aromatic N) is 2. The number of aromatic nitrogens is 2. The van der Waals surface area contributed by atoms with E-state index in [1.165, 1.54) is 59.1 Å². The van der Waals surface area contributed by atoms with Crippen molar-refractivity contribution in [3.63, 3.8) is 0 Å². The Hall–Kier alpha value is -6.94. The molecule has 0 N–H and O–H groups in total. The molecule has 1 aliphatic carbocycles. The van der Waals surface area contributed by atoms with Gasteiger partial charge in [0.25, 0.3) is 0 Å². The maximum atomic E-state index is 5.29. The fourth-order valence-corrected chi connectivity index (χ4v) is 9.97. The highest BCUT2D eigenvalue weighted by Crippen LogP contribution is 2.56. The Kier molecular flexibility index (Phi) is 7.61. The monoisotopic (exact) mass is 730 g/mol. The molecule has 0 saturated heterocycles. The van der Waals surface area contributed by atoms with Gasteiger partial charge >= 0.3 is 0 Å². The summed E-state index contributed by atoms with van der Waals surface area (Å²) in [5.41, 5.74) is 14.3. The molecule has 2 nitrogen and oxygen atoms in total. The summed E-state index contributed by atoms with van der Waals surface area (Å²) in [7, 11) is 0. The molecule has 0 saturated carbocycles. The molecule has 10 aromatic rings. The second-order valence-corrected chi connectivity index (χ2v) is 15.6. The lowest BCUT2D eigenvalue weighted by molar-refractivity contribution is 0.768. The Morgan fingerprint density at radius 2 is 0.893 bits per heavy atom. The largest absolute Gasteiger partial charge is 0.228 e. The van der Waals surface area contributed by atoms with E-state index in [0.29, 0.717) is 5.82 Å². The van der Waals surface area contributed by atoms with E-state index in [-0.39, 0.29) is 0 Å².